The van der Waals surface area contributed by atoms with Crippen molar-refractivity contribution in [3.05, 3.63) is 0 Å². The van der Waals surface area contributed by atoms with Crippen LogP contribution in [-0.2, 0) is 42.6 Å². The Morgan fingerprint density at radius 3 is 2.03 bits per heavy atom. The Bertz CT molecular complexity index is 714. The third-order valence-corrected chi connectivity index (χ3v) is 6.89. The molecular formula is C22H36O14. The summed E-state index contributed by atoms with van der Waals surface area (Å²) < 4.78 is 50.4. The van der Waals surface area contributed by atoms with Crippen molar-refractivity contribution in [1.82, 2.24) is 0 Å². The lowest BCUT2D eigenvalue weighted by atomic mass is 10.1. The molecule has 36 heavy (non-hydrogen) atoms. The van der Waals surface area contributed by atoms with Gasteiger partial charge in [-0.3, -0.25) is 0 Å². The van der Waals surface area contributed by atoms with Gasteiger partial charge in [-0.05, 0) is 25.7 Å². The number of aliphatic hydroxyl groups excluding tert-OH is 5. The summed E-state index contributed by atoms with van der Waals surface area (Å²) in [5.41, 5.74) is 0. The van der Waals surface area contributed by atoms with Crippen molar-refractivity contribution in [2.24, 2.45) is 0 Å². The van der Waals surface area contributed by atoms with Gasteiger partial charge in [-0.1, -0.05) is 6.92 Å². The van der Waals surface area contributed by atoms with Crippen molar-refractivity contribution in [2.75, 3.05) is 19.8 Å². The second kappa shape index (κ2) is 11.7. The monoisotopic (exact) mass is 524 g/mol. The SMILES string of the molecule is CCC1OC(OC2OC(OCC3OC(OCCCCCO)C4OC4C3O)C3OC3C2O)C(O)OC1O. The standard InChI is InChI=1S/C22H36O14/c1-2-9-17(26)34-18(27)22(30-9)36-19-12(25)14-16(33-14)21(35-19)29-8-10-11(24)13-15(32-13)20(31-10)28-7-5-3-4-6-23/h9-27H,2-8H2,1H3. The minimum atomic E-state index is -1.59. The number of rotatable bonds is 12. The number of epoxide rings is 2. The van der Waals surface area contributed by atoms with Crippen LogP contribution in [0.5, 0.6) is 0 Å². The van der Waals surface area contributed by atoms with Crippen molar-refractivity contribution in [2.45, 2.75) is 119 Å². The normalized spacial score (nSPS) is 49.8. The smallest absolute Gasteiger partial charge is 0.212 e. The first-order valence-corrected chi connectivity index (χ1v) is 12.6. The molecule has 0 aromatic heterocycles. The first-order valence-electron chi connectivity index (χ1n) is 12.6. The fraction of sp³-hybridized carbons (Fsp3) is 1.00. The minimum absolute atomic E-state index is 0.0616. The summed E-state index contributed by atoms with van der Waals surface area (Å²) in [5.74, 6) is 0. The number of hydrogen-bond acceptors (Lipinski definition) is 14. The number of aliphatic hydroxyl groups is 5. The Balaban J connectivity index is 1.11. The highest BCUT2D eigenvalue weighted by molar-refractivity contribution is 5.02. The van der Waals surface area contributed by atoms with Crippen molar-refractivity contribution in [3.8, 4) is 0 Å². The summed E-state index contributed by atoms with van der Waals surface area (Å²) in [6.07, 6.45) is -9.77. The van der Waals surface area contributed by atoms with Crippen LogP contribution in [0, 0.1) is 0 Å². The largest absolute Gasteiger partial charge is 0.396 e. The molecule has 0 saturated carbocycles. The maximum absolute atomic E-state index is 10.5. The molecular weight excluding hydrogens is 488 g/mol. The quantitative estimate of drug-likeness (QED) is 0.135. The lowest BCUT2D eigenvalue weighted by molar-refractivity contribution is -0.420. The third kappa shape index (κ3) is 5.87. The fourth-order valence-electron chi connectivity index (χ4n) is 4.68. The molecule has 14 nitrogen and oxygen atoms in total. The van der Waals surface area contributed by atoms with E-state index in [9.17, 15) is 20.4 Å². The Morgan fingerprint density at radius 2 is 1.31 bits per heavy atom. The third-order valence-electron chi connectivity index (χ3n) is 6.89. The van der Waals surface area contributed by atoms with Gasteiger partial charge in [0.2, 0.25) is 12.6 Å². The van der Waals surface area contributed by atoms with Crippen molar-refractivity contribution in [3.63, 3.8) is 0 Å². The average Bonchev–Trinajstić information content (AvgIpc) is 3.77. The van der Waals surface area contributed by atoms with Gasteiger partial charge in [0.1, 0.15) is 48.8 Å². The first kappa shape index (κ1) is 27.0. The van der Waals surface area contributed by atoms with Gasteiger partial charge in [-0.15, -0.1) is 0 Å². The Hall–Kier alpha value is -0.560. The summed E-state index contributed by atoms with van der Waals surface area (Å²) in [5, 5.41) is 49.7. The van der Waals surface area contributed by atoms with Gasteiger partial charge in [0.15, 0.2) is 25.2 Å². The molecule has 0 amide bonds. The van der Waals surface area contributed by atoms with Crippen LogP contribution in [-0.4, -0.2) is 132 Å². The van der Waals surface area contributed by atoms with Gasteiger partial charge in [-0.25, -0.2) is 0 Å². The maximum Gasteiger partial charge on any atom is 0.212 e. The van der Waals surface area contributed by atoms with Gasteiger partial charge in [0.05, 0.1) is 6.61 Å². The second-order valence-corrected chi connectivity index (χ2v) is 9.52. The molecule has 5 aliphatic rings. The molecule has 0 aromatic carbocycles. The van der Waals surface area contributed by atoms with Crippen molar-refractivity contribution >= 4 is 0 Å². The molecule has 5 heterocycles. The van der Waals surface area contributed by atoms with Crippen LogP contribution in [0.2, 0.25) is 0 Å². The molecule has 5 N–H and O–H groups in total. The molecule has 208 valence electrons. The number of ether oxygens (including phenoxy) is 9. The average molecular weight is 525 g/mol. The van der Waals surface area contributed by atoms with Gasteiger partial charge < -0.3 is 68.2 Å². The van der Waals surface area contributed by atoms with Crippen molar-refractivity contribution in [1.29, 1.82) is 0 Å². The predicted octanol–water partition coefficient (Wildman–Crippen LogP) is -2.35. The van der Waals surface area contributed by atoms with E-state index in [1.807, 2.05) is 0 Å². The molecule has 14 heteroatoms. The molecule has 14 unspecified atom stereocenters. The van der Waals surface area contributed by atoms with E-state index < -0.39 is 80.5 Å². The van der Waals surface area contributed by atoms with E-state index in [0.29, 0.717) is 19.4 Å². The van der Waals surface area contributed by atoms with Crippen molar-refractivity contribution < 1.29 is 68.2 Å². The van der Waals surface area contributed by atoms with Gasteiger partial charge >= 0.3 is 0 Å². The second-order valence-electron chi connectivity index (χ2n) is 9.52. The zero-order chi connectivity index (χ0) is 25.4. The van der Waals surface area contributed by atoms with E-state index in [1.165, 1.54) is 0 Å². The van der Waals surface area contributed by atoms with Crippen LogP contribution < -0.4 is 0 Å². The van der Waals surface area contributed by atoms with E-state index >= 15 is 0 Å². The van der Waals surface area contributed by atoms with Crippen LogP contribution in [0.1, 0.15) is 32.6 Å². The van der Waals surface area contributed by atoms with E-state index in [0.717, 1.165) is 12.8 Å². The highest BCUT2D eigenvalue weighted by Gasteiger charge is 2.61. The highest BCUT2D eigenvalue weighted by atomic mass is 16.9. The molecule has 5 fully saturated rings. The van der Waals surface area contributed by atoms with Gasteiger partial charge in [0, 0.05) is 13.2 Å². The number of hydrogen-bond donors (Lipinski definition) is 5. The van der Waals surface area contributed by atoms with Gasteiger partial charge in [0.25, 0.3) is 0 Å². The lowest BCUT2D eigenvalue weighted by Gasteiger charge is -2.40. The Kier molecular flexibility index (Phi) is 8.76. The zero-order valence-electron chi connectivity index (χ0n) is 19.9. The molecule has 0 spiro atoms. The van der Waals surface area contributed by atoms with Crippen LogP contribution in [0.4, 0.5) is 0 Å². The molecule has 0 aromatic rings. The summed E-state index contributed by atoms with van der Waals surface area (Å²) >= 11 is 0. The molecule has 0 radical (unpaired) electrons. The molecule has 5 rings (SSSR count). The Morgan fingerprint density at radius 1 is 0.611 bits per heavy atom. The number of unbranched alkanes of at least 4 members (excludes halogenated alkanes) is 2. The molecule has 0 aliphatic carbocycles. The van der Waals surface area contributed by atoms with Gasteiger partial charge in [-0.2, -0.15) is 0 Å². The Labute approximate surface area is 207 Å². The number of fused-ring (bicyclic) bond motifs is 2. The summed E-state index contributed by atoms with van der Waals surface area (Å²) in [6.45, 7) is 2.29. The fourth-order valence-corrected chi connectivity index (χ4v) is 4.68. The van der Waals surface area contributed by atoms with E-state index in [4.69, 9.17) is 47.7 Å². The topological polar surface area (TPSA) is 191 Å². The summed E-state index contributed by atoms with van der Waals surface area (Å²) in [7, 11) is 0. The zero-order valence-corrected chi connectivity index (χ0v) is 19.9. The first-order chi connectivity index (χ1) is 17.4. The van der Waals surface area contributed by atoms with E-state index in [2.05, 4.69) is 0 Å². The van der Waals surface area contributed by atoms with Crippen LogP contribution >= 0.6 is 0 Å². The van der Waals surface area contributed by atoms with E-state index in [1.54, 1.807) is 6.92 Å². The van der Waals surface area contributed by atoms with E-state index in [-0.39, 0.29) is 19.3 Å². The molecule has 5 aliphatic heterocycles. The molecule has 14 atom stereocenters. The predicted molar refractivity (Wildman–Crippen MR) is 113 cm³/mol. The highest BCUT2D eigenvalue weighted by Crippen LogP contribution is 2.41. The summed E-state index contributed by atoms with van der Waals surface area (Å²) in [4.78, 5) is 0. The van der Waals surface area contributed by atoms with Crippen LogP contribution in [0.25, 0.3) is 0 Å². The van der Waals surface area contributed by atoms with Crippen LogP contribution in [0.3, 0.4) is 0 Å². The lowest BCUT2D eigenvalue weighted by Crippen LogP contribution is -2.55. The molecule has 5 saturated heterocycles. The maximum atomic E-state index is 10.5. The van der Waals surface area contributed by atoms with Crippen LogP contribution in [0.15, 0.2) is 0 Å². The summed E-state index contributed by atoms with van der Waals surface area (Å²) in [6, 6.07) is 0. The molecule has 0 bridgehead atoms. The minimum Gasteiger partial charge on any atom is -0.396 e.